The Kier molecular flexibility index (Phi) is 4.45. The van der Waals surface area contributed by atoms with Crippen LogP contribution in [-0.4, -0.2) is 50.9 Å². The number of hydrogen-bond donors (Lipinski definition) is 1. The standard InChI is InChI=1S/C7H14O4/c8-5-7-6-10-2-1-9-3-4-11-7/h7-8H,1-6H2. The second-order valence-electron chi connectivity index (χ2n) is 2.36. The molecular weight excluding hydrogens is 148 g/mol. The molecule has 66 valence electrons. The molecule has 4 heteroatoms. The fourth-order valence-corrected chi connectivity index (χ4v) is 0.862. The Morgan fingerprint density at radius 2 is 1.82 bits per heavy atom. The summed E-state index contributed by atoms with van der Waals surface area (Å²) in [5, 5.41) is 8.75. The molecule has 0 radical (unpaired) electrons. The van der Waals surface area contributed by atoms with E-state index in [-0.39, 0.29) is 12.7 Å². The summed E-state index contributed by atoms with van der Waals surface area (Å²) >= 11 is 0. The van der Waals surface area contributed by atoms with Crippen LogP contribution in [0.4, 0.5) is 0 Å². The smallest absolute Gasteiger partial charge is 0.104 e. The number of ether oxygens (including phenoxy) is 3. The van der Waals surface area contributed by atoms with E-state index in [0.29, 0.717) is 33.0 Å². The minimum Gasteiger partial charge on any atom is -0.394 e. The summed E-state index contributed by atoms with van der Waals surface area (Å²) in [7, 11) is 0. The lowest BCUT2D eigenvalue weighted by molar-refractivity contribution is -0.0349. The maximum Gasteiger partial charge on any atom is 0.104 e. The SMILES string of the molecule is OCC1COCCOCCO1. The van der Waals surface area contributed by atoms with Gasteiger partial charge in [0.25, 0.3) is 0 Å². The van der Waals surface area contributed by atoms with Crippen molar-refractivity contribution in [1.29, 1.82) is 0 Å². The first kappa shape index (κ1) is 8.93. The lowest BCUT2D eigenvalue weighted by Crippen LogP contribution is -2.24. The van der Waals surface area contributed by atoms with Gasteiger partial charge in [-0.2, -0.15) is 0 Å². The zero-order valence-electron chi connectivity index (χ0n) is 6.49. The van der Waals surface area contributed by atoms with Crippen LogP contribution in [0.2, 0.25) is 0 Å². The van der Waals surface area contributed by atoms with Crippen LogP contribution >= 0.6 is 0 Å². The fourth-order valence-electron chi connectivity index (χ4n) is 0.862. The molecule has 4 nitrogen and oxygen atoms in total. The highest BCUT2D eigenvalue weighted by molar-refractivity contribution is 4.54. The van der Waals surface area contributed by atoms with Crippen molar-refractivity contribution in [2.45, 2.75) is 6.10 Å². The summed E-state index contributed by atoms with van der Waals surface area (Å²) in [6.45, 7) is 2.79. The summed E-state index contributed by atoms with van der Waals surface area (Å²) in [5.74, 6) is 0. The molecule has 1 N–H and O–H groups in total. The van der Waals surface area contributed by atoms with E-state index in [2.05, 4.69) is 0 Å². The summed E-state index contributed by atoms with van der Waals surface area (Å²) in [5.41, 5.74) is 0. The average molecular weight is 162 g/mol. The van der Waals surface area contributed by atoms with Crippen LogP contribution in [0.3, 0.4) is 0 Å². The minimum atomic E-state index is -0.184. The highest BCUT2D eigenvalue weighted by Gasteiger charge is 2.08. The summed E-state index contributed by atoms with van der Waals surface area (Å²) in [6, 6.07) is 0. The van der Waals surface area contributed by atoms with Gasteiger partial charge in [0.15, 0.2) is 0 Å². The maximum atomic E-state index is 8.75. The minimum absolute atomic E-state index is 0.0139. The molecule has 11 heavy (non-hydrogen) atoms. The van der Waals surface area contributed by atoms with Gasteiger partial charge in [-0.3, -0.25) is 0 Å². The predicted octanol–water partition coefficient (Wildman–Crippen LogP) is -0.589. The Bertz CT molecular complexity index is 86.4. The lowest BCUT2D eigenvalue weighted by Gasteiger charge is -2.12. The molecule has 0 amide bonds. The van der Waals surface area contributed by atoms with Crippen molar-refractivity contribution < 1.29 is 19.3 Å². The van der Waals surface area contributed by atoms with Gasteiger partial charge in [-0.1, -0.05) is 0 Å². The van der Waals surface area contributed by atoms with E-state index in [1.807, 2.05) is 0 Å². The number of rotatable bonds is 1. The van der Waals surface area contributed by atoms with Gasteiger partial charge >= 0.3 is 0 Å². The molecule has 1 aliphatic heterocycles. The Morgan fingerprint density at radius 1 is 1.09 bits per heavy atom. The monoisotopic (exact) mass is 162 g/mol. The van der Waals surface area contributed by atoms with Crippen LogP contribution in [0, 0.1) is 0 Å². The summed E-state index contributed by atoms with van der Waals surface area (Å²) in [6.07, 6.45) is -0.184. The first-order valence-corrected chi connectivity index (χ1v) is 3.81. The molecule has 0 bridgehead atoms. The van der Waals surface area contributed by atoms with Crippen molar-refractivity contribution in [3.63, 3.8) is 0 Å². The molecule has 0 aromatic rings. The van der Waals surface area contributed by atoms with Crippen molar-refractivity contribution in [2.24, 2.45) is 0 Å². The van der Waals surface area contributed by atoms with Gasteiger partial charge < -0.3 is 19.3 Å². The van der Waals surface area contributed by atoms with E-state index in [1.165, 1.54) is 0 Å². The highest BCUT2D eigenvalue weighted by atomic mass is 16.6. The van der Waals surface area contributed by atoms with E-state index < -0.39 is 0 Å². The van der Waals surface area contributed by atoms with Crippen molar-refractivity contribution in [3.8, 4) is 0 Å². The van der Waals surface area contributed by atoms with Crippen LogP contribution in [0.5, 0.6) is 0 Å². The molecule has 1 aliphatic rings. The van der Waals surface area contributed by atoms with Gasteiger partial charge in [0.05, 0.1) is 39.6 Å². The first-order chi connectivity index (χ1) is 5.43. The van der Waals surface area contributed by atoms with Crippen molar-refractivity contribution in [1.82, 2.24) is 0 Å². The second-order valence-corrected chi connectivity index (χ2v) is 2.36. The largest absolute Gasteiger partial charge is 0.394 e. The van der Waals surface area contributed by atoms with Crippen LogP contribution in [0.25, 0.3) is 0 Å². The van der Waals surface area contributed by atoms with E-state index in [4.69, 9.17) is 19.3 Å². The molecule has 0 spiro atoms. The van der Waals surface area contributed by atoms with E-state index >= 15 is 0 Å². The van der Waals surface area contributed by atoms with Gasteiger partial charge in [0.1, 0.15) is 6.10 Å². The third kappa shape index (κ3) is 3.67. The highest BCUT2D eigenvalue weighted by Crippen LogP contribution is 1.95. The van der Waals surface area contributed by atoms with Gasteiger partial charge in [0, 0.05) is 0 Å². The lowest BCUT2D eigenvalue weighted by atomic mass is 10.4. The average Bonchev–Trinajstić information content (AvgIpc) is 2.16. The van der Waals surface area contributed by atoms with Crippen LogP contribution in [0.1, 0.15) is 0 Å². The zero-order chi connectivity index (χ0) is 7.94. The van der Waals surface area contributed by atoms with E-state index in [0.717, 1.165) is 0 Å². The van der Waals surface area contributed by atoms with Crippen molar-refractivity contribution in [2.75, 3.05) is 39.6 Å². The zero-order valence-corrected chi connectivity index (χ0v) is 6.49. The molecular formula is C7H14O4. The Balaban J connectivity index is 2.19. The summed E-state index contributed by atoms with van der Waals surface area (Å²) in [4.78, 5) is 0. The topological polar surface area (TPSA) is 47.9 Å². The van der Waals surface area contributed by atoms with Gasteiger partial charge in [-0.25, -0.2) is 0 Å². The van der Waals surface area contributed by atoms with Gasteiger partial charge in [-0.05, 0) is 0 Å². The quantitative estimate of drug-likeness (QED) is 0.560. The van der Waals surface area contributed by atoms with E-state index in [9.17, 15) is 0 Å². The number of hydrogen-bond acceptors (Lipinski definition) is 4. The van der Waals surface area contributed by atoms with Crippen molar-refractivity contribution >= 4 is 0 Å². The third-order valence-corrected chi connectivity index (χ3v) is 1.46. The van der Waals surface area contributed by atoms with Crippen LogP contribution < -0.4 is 0 Å². The molecule has 0 saturated carbocycles. The summed E-state index contributed by atoms with van der Waals surface area (Å²) < 4.78 is 15.5. The molecule has 1 heterocycles. The number of aliphatic hydroxyl groups is 1. The molecule has 1 saturated heterocycles. The number of aliphatic hydroxyl groups excluding tert-OH is 1. The molecule has 1 atom stereocenters. The molecule has 0 aromatic heterocycles. The Morgan fingerprint density at radius 3 is 2.64 bits per heavy atom. The normalized spacial score (nSPS) is 28.6. The Labute approximate surface area is 66.1 Å². The predicted molar refractivity (Wildman–Crippen MR) is 38.5 cm³/mol. The fraction of sp³-hybridized carbons (Fsp3) is 1.00. The Hall–Kier alpha value is -0.160. The third-order valence-electron chi connectivity index (χ3n) is 1.46. The molecule has 1 unspecified atom stereocenters. The van der Waals surface area contributed by atoms with Crippen LogP contribution in [-0.2, 0) is 14.2 Å². The molecule has 0 aliphatic carbocycles. The van der Waals surface area contributed by atoms with Gasteiger partial charge in [-0.15, -0.1) is 0 Å². The molecule has 1 fully saturated rings. The maximum absolute atomic E-state index is 8.75. The first-order valence-electron chi connectivity index (χ1n) is 3.81. The van der Waals surface area contributed by atoms with Crippen molar-refractivity contribution in [3.05, 3.63) is 0 Å². The van der Waals surface area contributed by atoms with E-state index in [1.54, 1.807) is 0 Å². The molecule has 1 rings (SSSR count). The molecule has 0 aromatic carbocycles. The van der Waals surface area contributed by atoms with Gasteiger partial charge in [0.2, 0.25) is 0 Å². The van der Waals surface area contributed by atoms with Crippen LogP contribution in [0.15, 0.2) is 0 Å². The second kappa shape index (κ2) is 5.49.